The van der Waals surface area contributed by atoms with Gasteiger partial charge in [-0.2, -0.15) is 0 Å². The number of urea groups is 1. The summed E-state index contributed by atoms with van der Waals surface area (Å²) in [4.78, 5) is 48.1. The van der Waals surface area contributed by atoms with Crippen LogP contribution in [0, 0.1) is 0 Å². The molecule has 0 aromatic heterocycles. The summed E-state index contributed by atoms with van der Waals surface area (Å²) in [6.45, 7) is -0.644. The van der Waals surface area contributed by atoms with E-state index in [1.54, 1.807) is 0 Å². The van der Waals surface area contributed by atoms with Crippen molar-refractivity contribution in [2.45, 2.75) is 18.9 Å². The van der Waals surface area contributed by atoms with Crippen LogP contribution >= 0.6 is 0 Å². The number of nitrogens with zero attached hydrogens (tertiary/aromatic N) is 2. The summed E-state index contributed by atoms with van der Waals surface area (Å²) >= 11 is 0. The third kappa shape index (κ3) is 4.33. The number of carbonyl (C=O) groups excluding carboxylic acids is 3. The van der Waals surface area contributed by atoms with E-state index < -0.39 is 43.1 Å². The zero-order valence-electron chi connectivity index (χ0n) is 11.9. The molecular formula is C12H18N2O7. The lowest BCUT2D eigenvalue weighted by atomic mass is 10.2. The summed E-state index contributed by atoms with van der Waals surface area (Å²) in [6.07, 6.45) is 0.887. The standard InChI is InChI=1S/C12H18N2O7/c1-20-9(15)6-13(7-10(16)21-2)12(19)14-5-3-4-8(14)11(17)18/h8H,3-7H2,1-2H3,(H,17,18)/t8-/m1/s1. The van der Waals surface area contributed by atoms with Crippen molar-refractivity contribution in [1.29, 1.82) is 0 Å². The minimum Gasteiger partial charge on any atom is -0.480 e. The van der Waals surface area contributed by atoms with Gasteiger partial charge in [0.2, 0.25) is 0 Å². The topological polar surface area (TPSA) is 113 Å². The largest absolute Gasteiger partial charge is 0.480 e. The molecule has 0 spiro atoms. The molecule has 0 saturated carbocycles. The minimum absolute atomic E-state index is 0.259. The zero-order chi connectivity index (χ0) is 16.0. The molecule has 0 bridgehead atoms. The number of aliphatic carboxylic acids is 1. The summed E-state index contributed by atoms with van der Waals surface area (Å²) in [7, 11) is 2.30. The quantitative estimate of drug-likeness (QED) is 0.668. The van der Waals surface area contributed by atoms with Crippen molar-refractivity contribution in [3.63, 3.8) is 0 Å². The normalized spacial score (nSPS) is 17.2. The van der Waals surface area contributed by atoms with Crippen molar-refractivity contribution in [1.82, 2.24) is 9.80 Å². The summed E-state index contributed by atoms with van der Waals surface area (Å²) in [5.74, 6) is -2.53. The number of carboxylic acids is 1. The second kappa shape index (κ2) is 7.46. The van der Waals surface area contributed by atoms with Crippen LogP contribution in [0.4, 0.5) is 4.79 Å². The second-order valence-corrected chi connectivity index (χ2v) is 4.48. The maximum atomic E-state index is 12.3. The lowest BCUT2D eigenvalue weighted by Crippen LogP contribution is -2.51. The number of hydrogen-bond acceptors (Lipinski definition) is 6. The van der Waals surface area contributed by atoms with Gasteiger partial charge >= 0.3 is 23.9 Å². The minimum atomic E-state index is -1.11. The van der Waals surface area contributed by atoms with Gasteiger partial charge in [0.1, 0.15) is 19.1 Å². The fourth-order valence-corrected chi connectivity index (χ4v) is 2.07. The van der Waals surface area contributed by atoms with Crippen LogP contribution in [0.2, 0.25) is 0 Å². The Bertz CT molecular complexity index is 419. The van der Waals surface area contributed by atoms with E-state index in [0.717, 1.165) is 24.0 Å². The third-order valence-electron chi connectivity index (χ3n) is 3.15. The number of ether oxygens (including phenoxy) is 2. The molecule has 9 nitrogen and oxygen atoms in total. The number of hydrogen-bond donors (Lipinski definition) is 1. The van der Waals surface area contributed by atoms with E-state index in [1.165, 1.54) is 0 Å². The Morgan fingerprint density at radius 2 is 1.67 bits per heavy atom. The van der Waals surface area contributed by atoms with Crippen molar-refractivity contribution in [3.05, 3.63) is 0 Å². The fourth-order valence-electron chi connectivity index (χ4n) is 2.07. The molecule has 1 atom stereocenters. The van der Waals surface area contributed by atoms with Crippen LogP contribution < -0.4 is 0 Å². The number of esters is 2. The van der Waals surface area contributed by atoms with Gasteiger partial charge < -0.3 is 24.4 Å². The van der Waals surface area contributed by atoms with Gasteiger partial charge in [-0.1, -0.05) is 0 Å². The molecule has 1 aliphatic heterocycles. The van der Waals surface area contributed by atoms with Crippen molar-refractivity contribution < 1.29 is 33.8 Å². The van der Waals surface area contributed by atoms with Gasteiger partial charge in [0.05, 0.1) is 14.2 Å². The number of rotatable bonds is 5. The smallest absolute Gasteiger partial charge is 0.326 e. The number of methoxy groups -OCH3 is 2. The van der Waals surface area contributed by atoms with E-state index in [1.807, 2.05) is 0 Å². The molecule has 21 heavy (non-hydrogen) atoms. The van der Waals surface area contributed by atoms with Crippen LogP contribution in [0.1, 0.15) is 12.8 Å². The molecule has 1 fully saturated rings. The van der Waals surface area contributed by atoms with Gasteiger partial charge in [-0.05, 0) is 12.8 Å². The monoisotopic (exact) mass is 302 g/mol. The van der Waals surface area contributed by atoms with Gasteiger partial charge in [0, 0.05) is 6.54 Å². The number of likely N-dealkylation sites (tertiary alicyclic amines) is 1. The first-order valence-corrected chi connectivity index (χ1v) is 6.32. The highest BCUT2D eigenvalue weighted by Gasteiger charge is 2.37. The van der Waals surface area contributed by atoms with Crippen LogP contribution in [0.15, 0.2) is 0 Å². The predicted molar refractivity (Wildman–Crippen MR) is 68.4 cm³/mol. The van der Waals surface area contributed by atoms with Crippen LogP contribution in [0.5, 0.6) is 0 Å². The first kappa shape index (κ1) is 16.7. The maximum absolute atomic E-state index is 12.3. The highest BCUT2D eigenvalue weighted by molar-refractivity contribution is 5.88. The van der Waals surface area contributed by atoms with Crippen LogP contribution in [0.25, 0.3) is 0 Å². The van der Waals surface area contributed by atoms with Crippen LogP contribution in [0.3, 0.4) is 0 Å². The molecule has 0 aliphatic carbocycles. The average Bonchev–Trinajstić information content (AvgIpc) is 2.94. The molecule has 1 N–H and O–H groups in total. The van der Waals surface area contributed by atoms with Crippen molar-refractivity contribution >= 4 is 23.9 Å². The molecule has 118 valence electrons. The first-order valence-electron chi connectivity index (χ1n) is 6.32. The Kier molecular flexibility index (Phi) is 5.94. The Morgan fingerprint density at radius 3 is 2.10 bits per heavy atom. The lowest BCUT2D eigenvalue weighted by molar-refractivity contribution is -0.144. The third-order valence-corrected chi connectivity index (χ3v) is 3.15. The molecule has 1 rings (SSSR count). The van der Waals surface area contributed by atoms with Gasteiger partial charge in [-0.15, -0.1) is 0 Å². The fraction of sp³-hybridized carbons (Fsp3) is 0.667. The Hall–Kier alpha value is -2.32. The molecule has 1 heterocycles. The summed E-state index contributed by atoms with van der Waals surface area (Å²) in [6, 6.07) is -1.65. The molecule has 2 amide bonds. The van der Waals surface area contributed by atoms with E-state index in [4.69, 9.17) is 5.11 Å². The highest BCUT2D eigenvalue weighted by atomic mass is 16.5. The van der Waals surface area contributed by atoms with E-state index >= 15 is 0 Å². The SMILES string of the molecule is COC(=O)CN(CC(=O)OC)C(=O)N1CCC[C@@H]1C(=O)O. The Labute approximate surface area is 121 Å². The molecule has 0 aromatic rings. The van der Waals surface area contributed by atoms with Crippen molar-refractivity contribution in [2.24, 2.45) is 0 Å². The van der Waals surface area contributed by atoms with Gasteiger partial charge in [0.25, 0.3) is 0 Å². The highest BCUT2D eigenvalue weighted by Crippen LogP contribution is 2.19. The first-order chi connectivity index (χ1) is 9.90. The van der Waals surface area contributed by atoms with E-state index in [9.17, 15) is 19.2 Å². The van der Waals surface area contributed by atoms with Gasteiger partial charge in [-0.25, -0.2) is 9.59 Å². The zero-order valence-corrected chi connectivity index (χ0v) is 11.9. The maximum Gasteiger partial charge on any atom is 0.326 e. The van der Waals surface area contributed by atoms with E-state index in [0.29, 0.717) is 12.8 Å². The molecule has 1 aliphatic rings. The molecule has 9 heteroatoms. The van der Waals surface area contributed by atoms with Crippen LogP contribution in [-0.2, 0) is 23.9 Å². The Balaban J connectivity index is 2.85. The summed E-state index contributed by atoms with van der Waals surface area (Å²) in [5, 5.41) is 9.07. The predicted octanol–water partition coefficient (Wildman–Crippen LogP) is -0.697. The molecule has 0 radical (unpaired) electrons. The molecule has 0 unspecified atom stereocenters. The summed E-state index contributed by atoms with van der Waals surface area (Å²) < 4.78 is 8.93. The molecule has 1 saturated heterocycles. The van der Waals surface area contributed by atoms with Gasteiger partial charge in [0.15, 0.2) is 0 Å². The summed E-state index contributed by atoms with van der Waals surface area (Å²) in [5.41, 5.74) is 0. The second-order valence-electron chi connectivity index (χ2n) is 4.48. The number of amides is 2. The molecule has 0 aromatic carbocycles. The lowest BCUT2D eigenvalue weighted by Gasteiger charge is -2.28. The van der Waals surface area contributed by atoms with Crippen molar-refractivity contribution in [2.75, 3.05) is 33.9 Å². The average molecular weight is 302 g/mol. The van der Waals surface area contributed by atoms with Crippen LogP contribution in [-0.4, -0.2) is 78.7 Å². The van der Waals surface area contributed by atoms with E-state index in [2.05, 4.69) is 9.47 Å². The molecular weight excluding hydrogens is 284 g/mol. The number of carbonyl (C=O) groups is 4. The van der Waals surface area contributed by atoms with Crippen molar-refractivity contribution in [3.8, 4) is 0 Å². The Morgan fingerprint density at radius 1 is 1.14 bits per heavy atom. The van der Waals surface area contributed by atoms with Gasteiger partial charge in [-0.3, -0.25) is 9.59 Å². The number of carboxylic acid groups (broad SMARTS) is 1. The van der Waals surface area contributed by atoms with E-state index in [-0.39, 0.29) is 6.54 Å².